The lowest BCUT2D eigenvalue weighted by molar-refractivity contribution is 0.211. The van der Waals surface area contributed by atoms with Crippen LogP contribution in [0.25, 0.3) is 5.69 Å². The molecule has 0 radical (unpaired) electrons. The Morgan fingerprint density at radius 2 is 2.12 bits per heavy atom. The van der Waals surface area contributed by atoms with Crippen molar-refractivity contribution in [3.8, 4) is 11.4 Å². The van der Waals surface area contributed by atoms with Gasteiger partial charge in [-0.05, 0) is 17.7 Å². The standard InChI is InChI=1S/C17H18N6O3/c18-5-7-22-11-13(10-20-22)23-6-4-16(24)15(21-23)9-12-2-1-3-14(8-12)26-17(19)25/h1-4,6,8,10-11H,5,7,9,18H2,(H2,19,25). The average molecular weight is 354 g/mol. The van der Waals surface area contributed by atoms with Crippen molar-refractivity contribution in [3.05, 3.63) is 70.4 Å². The molecule has 0 atom stereocenters. The van der Waals surface area contributed by atoms with Crippen LogP contribution in [0.1, 0.15) is 11.3 Å². The number of hydrogen-bond acceptors (Lipinski definition) is 6. The molecule has 134 valence electrons. The van der Waals surface area contributed by atoms with Crippen molar-refractivity contribution in [2.75, 3.05) is 6.54 Å². The van der Waals surface area contributed by atoms with Gasteiger partial charge < -0.3 is 16.2 Å². The Hall–Kier alpha value is -3.46. The summed E-state index contributed by atoms with van der Waals surface area (Å²) in [6.07, 6.45) is 4.43. The van der Waals surface area contributed by atoms with Crippen molar-refractivity contribution in [2.24, 2.45) is 11.5 Å². The molecular formula is C17H18N6O3. The summed E-state index contributed by atoms with van der Waals surface area (Å²) in [6, 6.07) is 8.23. The monoisotopic (exact) mass is 354 g/mol. The Morgan fingerprint density at radius 1 is 1.27 bits per heavy atom. The van der Waals surface area contributed by atoms with Crippen molar-refractivity contribution in [3.63, 3.8) is 0 Å². The van der Waals surface area contributed by atoms with Crippen LogP contribution >= 0.6 is 0 Å². The molecule has 0 bridgehead atoms. The molecule has 26 heavy (non-hydrogen) atoms. The van der Waals surface area contributed by atoms with E-state index in [1.807, 2.05) is 6.07 Å². The van der Waals surface area contributed by atoms with Crippen LogP contribution in [0.3, 0.4) is 0 Å². The molecule has 0 aliphatic heterocycles. The molecule has 0 fully saturated rings. The van der Waals surface area contributed by atoms with E-state index in [1.54, 1.807) is 46.2 Å². The largest absolute Gasteiger partial charge is 0.410 e. The van der Waals surface area contributed by atoms with Gasteiger partial charge in [0.25, 0.3) is 0 Å². The maximum absolute atomic E-state index is 12.2. The first-order valence-electron chi connectivity index (χ1n) is 7.93. The number of carbonyl (C=O) groups excluding carboxylic acids is 1. The highest BCUT2D eigenvalue weighted by molar-refractivity contribution is 5.68. The van der Waals surface area contributed by atoms with Crippen LogP contribution in [0.5, 0.6) is 5.75 Å². The smallest absolute Gasteiger partial charge is 0.409 e. The van der Waals surface area contributed by atoms with Crippen LogP contribution in [-0.2, 0) is 13.0 Å². The van der Waals surface area contributed by atoms with E-state index in [-0.39, 0.29) is 11.8 Å². The minimum Gasteiger partial charge on any atom is -0.410 e. The summed E-state index contributed by atoms with van der Waals surface area (Å²) >= 11 is 0. The fourth-order valence-corrected chi connectivity index (χ4v) is 2.47. The van der Waals surface area contributed by atoms with E-state index in [1.165, 1.54) is 6.07 Å². The molecular weight excluding hydrogens is 336 g/mol. The summed E-state index contributed by atoms with van der Waals surface area (Å²) in [7, 11) is 0. The molecule has 1 amide bonds. The number of nitrogens with zero attached hydrogens (tertiary/aromatic N) is 4. The van der Waals surface area contributed by atoms with Crippen molar-refractivity contribution in [2.45, 2.75) is 13.0 Å². The lowest BCUT2D eigenvalue weighted by Crippen LogP contribution is -2.17. The second kappa shape index (κ2) is 7.62. The number of nitrogens with two attached hydrogens (primary N) is 2. The number of hydrogen-bond donors (Lipinski definition) is 2. The Morgan fingerprint density at radius 3 is 2.88 bits per heavy atom. The zero-order valence-corrected chi connectivity index (χ0v) is 13.9. The van der Waals surface area contributed by atoms with Crippen LogP contribution in [0.2, 0.25) is 0 Å². The molecule has 3 rings (SSSR count). The van der Waals surface area contributed by atoms with E-state index < -0.39 is 6.09 Å². The number of primary amides is 1. The molecule has 0 aliphatic carbocycles. The fourth-order valence-electron chi connectivity index (χ4n) is 2.47. The Labute approximate surface area is 148 Å². The SMILES string of the molecule is NCCn1cc(-n2ccc(=O)c(Cc3cccc(OC(N)=O)c3)n2)cn1. The van der Waals surface area contributed by atoms with Gasteiger partial charge in [-0.15, -0.1) is 0 Å². The molecule has 2 heterocycles. The molecule has 9 heteroatoms. The summed E-state index contributed by atoms with van der Waals surface area (Å²) in [5.41, 5.74) is 12.2. The van der Waals surface area contributed by atoms with Gasteiger partial charge in [-0.1, -0.05) is 12.1 Å². The fraction of sp³-hybridized carbons (Fsp3) is 0.176. The van der Waals surface area contributed by atoms with E-state index in [0.717, 1.165) is 11.3 Å². The number of ether oxygens (including phenoxy) is 1. The van der Waals surface area contributed by atoms with E-state index in [9.17, 15) is 9.59 Å². The first-order valence-corrected chi connectivity index (χ1v) is 7.93. The molecule has 4 N–H and O–H groups in total. The second-order valence-electron chi connectivity index (χ2n) is 5.57. The molecule has 0 aliphatic rings. The van der Waals surface area contributed by atoms with Crippen molar-refractivity contribution < 1.29 is 9.53 Å². The summed E-state index contributed by atoms with van der Waals surface area (Å²) in [6.45, 7) is 1.08. The first-order chi connectivity index (χ1) is 12.5. The summed E-state index contributed by atoms with van der Waals surface area (Å²) in [4.78, 5) is 23.0. The molecule has 1 aromatic carbocycles. The van der Waals surface area contributed by atoms with Gasteiger partial charge in [0.2, 0.25) is 5.43 Å². The minimum absolute atomic E-state index is 0.183. The maximum atomic E-state index is 12.2. The molecule has 2 aromatic heterocycles. The third-order valence-electron chi connectivity index (χ3n) is 3.61. The van der Waals surface area contributed by atoms with Gasteiger partial charge in [0.1, 0.15) is 17.1 Å². The highest BCUT2D eigenvalue weighted by atomic mass is 16.5. The number of aromatic nitrogens is 4. The van der Waals surface area contributed by atoms with Gasteiger partial charge in [-0.2, -0.15) is 10.2 Å². The molecule has 0 saturated carbocycles. The van der Waals surface area contributed by atoms with Crippen LogP contribution in [0, 0.1) is 0 Å². The van der Waals surface area contributed by atoms with E-state index in [4.69, 9.17) is 16.2 Å². The lowest BCUT2D eigenvalue weighted by atomic mass is 10.1. The van der Waals surface area contributed by atoms with Gasteiger partial charge in [0.15, 0.2) is 0 Å². The van der Waals surface area contributed by atoms with Crippen molar-refractivity contribution in [1.29, 1.82) is 0 Å². The summed E-state index contributed by atoms with van der Waals surface area (Å²) in [5.74, 6) is 0.314. The van der Waals surface area contributed by atoms with Crippen LogP contribution in [-0.4, -0.2) is 32.2 Å². The normalized spacial score (nSPS) is 10.7. The highest BCUT2D eigenvalue weighted by Crippen LogP contribution is 2.15. The molecule has 0 saturated heterocycles. The van der Waals surface area contributed by atoms with Crippen molar-refractivity contribution >= 4 is 6.09 Å². The quantitative estimate of drug-likeness (QED) is 0.660. The second-order valence-corrected chi connectivity index (χ2v) is 5.57. The minimum atomic E-state index is -0.892. The third kappa shape index (κ3) is 4.14. The Bertz CT molecular complexity index is 978. The molecule has 0 spiro atoms. The Kier molecular flexibility index (Phi) is 5.09. The molecule has 0 unspecified atom stereocenters. The number of rotatable bonds is 6. The van der Waals surface area contributed by atoms with Gasteiger partial charge in [-0.3, -0.25) is 9.48 Å². The van der Waals surface area contributed by atoms with Crippen LogP contribution < -0.4 is 21.6 Å². The third-order valence-corrected chi connectivity index (χ3v) is 3.61. The Balaban J connectivity index is 1.86. The van der Waals surface area contributed by atoms with Crippen molar-refractivity contribution in [1.82, 2.24) is 19.6 Å². The highest BCUT2D eigenvalue weighted by Gasteiger charge is 2.08. The predicted octanol–water partition coefficient (Wildman–Crippen LogP) is 0.436. The lowest BCUT2D eigenvalue weighted by Gasteiger charge is -2.07. The van der Waals surface area contributed by atoms with E-state index in [0.29, 0.717) is 24.5 Å². The number of carbonyl (C=O) groups is 1. The van der Waals surface area contributed by atoms with Gasteiger partial charge in [0, 0.05) is 25.2 Å². The van der Waals surface area contributed by atoms with Crippen LogP contribution in [0.15, 0.2) is 53.7 Å². The van der Waals surface area contributed by atoms with Gasteiger partial charge >= 0.3 is 6.09 Å². The average Bonchev–Trinajstić information content (AvgIpc) is 3.06. The maximum Gasteiger partial charge on any atom is 0.409 e. The number of benzene rings is 1. The molecule has 9 nitrogen and oxygen atoms in total. The zero-order chi connectivity index (χ0) is 18.5. The molecule has 3 aromatic rings. The van der Waals surface area contributed by atoms with Crippen LogP contribution in [0.4, 0.5) is 4.79 Å². The van der Waals surface area contributed by atoms with Gasteiger partial charge in [-0.25, -0.2) is 9.48 Å². The summed E-state index contributed by atoms with van der Waals surface area (Å²) < 4.78 is 8.15. The first kappa shape index (κ1) is 17.4. The summed E-state index contributed by atoms with van der Waals surface area (Å²) in [5, 5.41) is 8.58. The van der Waals surface area contributed by atoms with E-state index in [2.05, 4.69) is 10.2 Å². The topological polar surface area (TPSA) is 131 Å². The van der Waals surface area contributed by atoms with Gasteiger partial charge in [0.05, 0.1) is 18.9 Å². The predicted molar refractivity (Wildman–Crippen MR) is 94.1 cm³/mol. The zero-order valence-electron chi connectivity index (χ0n) is 13.9. The van der Waals surface area contributed by atoms with E-state index >= 15 is 0 Å². The number of amides is 1.